The number of anilines is 1. The number of amides is 1. The smallest absolute Gasteiger partial charge is 0.211 e. The minimum Gasteiger partial charge on any atom is -0.495 e. The van der Waals surface area contributed by atoms with Crippen LogP contribution < -0.4 is 10.1 Å². The van der Waals surface area contributed by atoms with E-state index in [0.29, 0.717) is 17.8 Å². The van der Waals surface area contributed by atoms with E-state index >= 15 is 0 Å². The lowest BCUT2D eigenvalue weighted by atomic mass is 10.1. The summed E-state index contributed by atoms with van der Waals surface area (Å²) in [5.74, 6) is 3.85. The molecule has 1 fully saturated rings. The topological polar surface area (TPSA) is 69.0 Å². The van der Waals surface area contributed by atoms with Crippen LogP contribution in [0.5, 0.6) is 5.75 Å². The van der Waals surface area contributed by atoms with Gasteiger partial charge in [-0.05, 0) is 43.7 Å². The molecule has 1 aliphatic carbocycles. The predicted molar refractivity (Wildman–Crippen MR) is 108 cm³/mol. The van der Waals surface area contributed by atoms with Crippen molar-refractivity contribution in [2.75, 3.05) is 12.4 Å². The van der Waals surface area contributed by atoms with Crippen molar-refractivity contribution >= 4 is 12.1 Å². The van der Waals surface area contributed by atoms with Crippen LogP contribution in [0.3, 0.4) is 0 Å². The molecule has 27 heavy (non-hydrogen) atoms. The molecule has 6 nitrogen and oxygen atoms in total. The standard InChI is InChI=1S/C13H23N3.C8H9NO2/c1-4-5-12-14-15-13(9-6-10(2)3)16(12)11-7-8-11;1-11-8-5-3-2-4-7(8)9-6-10/h10-11H,4-9H2,1-3H3;2-6H,1H3,(H,9,10). The Balaban J connectivity index is 0.000000208. The molecule has 1 aliphatic rings. The molecule has 1 saturated carbocycles. The Hall–Kier alpha value is -2.37. The van der Waals surface area contributed by atoms with Crippen molar-refractivity contribution in [2.24, 2.45) is 5.92 Å². The van der Waals surface area contributed by atoms with E-state index in [1.807, 2.05) is 12.1 Å². The van der Waals surface area contributed by atoms with Gasteiger partial charge in [0.1, 0.15) is 17.4 Å². The molecule has 1 aromatic heterocycles. The van der Waals surface area contributed by atoms with Gasteiger partial charge in [-0.1, -0.05) is 32.9 Å². The first-order chi connectivity index (χ1) is 13.1. The molecule has 0 aliphatic heterocycles. The monoisotopic (exact) mass is 372 g/mol. The van der Waals surface area contributed by atoms with E-state index in [1.165, 1.54) is 30.9 Å². The van der Waals surface area contributed by atoms with Crippen LogP contribution in [0.15, 0.2) is 24.3 Å². The number of aryl methyl sites for hydroxylation is 2. The molecule has 0 bridgehead atoms. The summed E-state index contributed by atoms with van der Waals surface area (Å²) in [5.41, 5.74) is 0.685. The minimum atomic E-state index is 0.623. The molecule has 1 aromatic carbocycles. The maximum atomic E-state index is 10.1. The third-order valence-corrected chi connectivity index (χ3v) is 4.49. The number of rotatable bonds is 9. The van der Waals surface area contributed by atoms with E-state index < -0.39 is 0 Å². The van der Waals surface area contributed by atoms with Crippen molar-refractivity contribution in [2.45, 2.75) is 65.3 Å². The van der Waals surface area contributed by atoms with Gasteiger partial charge in [0.2, 0.25) is 6.41 Å². The predicted octanol–water partition coefficient (Wildman–Crippen LogP) is 4.42. The van der Waals surface area contributed by atoms with Crippen LogP contribution in [0.25, 0.3) is 0 Å². The fourth-order valence-corrected chi connectivity index (χ4v) is 2.92. The van der Waals surface area contributed by atoms with Gasteiger partial charge in [0.25, 0.3) is 0 Å². The number of nitrogens with zero attached hydrogens (tertiary/aromatic N) is 3. The highest BCUT2D eigenvalue weighted by Crippen LogP contribution is 2.37. The van der Waals surface area contributed by atoms with Crippen LogP contribution in [0.4, 0.5) is 5.69 Å². The zero-order valence-electron chi connectivity index (χ0n) is 16.9. The lowest BCUT2D eigenvalue weighted by Gasteiger charge is -2.09. The van der Waals surface area contributed by atoms with Crippen LogP contribution in [0.1, 0.15) is 64.1 Å². The Labute approximate surface area is 162 Å². The molecule has 0 spiro atoms. The van der Waals surface area contributed by atoms with Crippen molar-refractivity contribution in [3.05, 3.63) is 35.9 Å². The number of methoxy groups -OCH3 is 1. The Kier molecular flexibility index (Phi) is 8.30. The van der Waals surface area contributed by atoms with Gasteiger partial charge in [0, 0.05) is 18.9 Å². The van der Waals surface area contributed by atoms with Crippen molar-refractivity contribution in [3.8, 4) is 5.75 Å². The zero-order chi connectivity index (χ0) is 19.6. The fraction of sp³-hybridized carbons (Fsp3) is 0.571. The zero-order valence-corrected chi connectivity index (χ0v) is 16.9. The highest BCUT2D eigenvalue weighted by molar-refractivity contribution is 5.75. The quantitative estimate of drug-likeness (QED) is 0.662. The number of carbonyl (C=O) groups excluding carboxylic acids is 1. The Bertz CT molecular complexity index is 708. The van der Waals surface area contributed by atoms with Gasteiger partial charge in [-0.15, -0.1) is 10.2 Å². The lowest BCUT2D eigenvalue weighted by molar-refractivity contribution is -0.105. The maximum Gasteiger partial charge on any atom is 0.211 e. The second kappa shape index (κ2) is 10.7. The molecule has 6 heteroatoms. The van der Waals surface area contributed by atoms with Gasteiger partial charge in [0.05, 0.1) is 12.8 Å². The Morgan fingerprint density at radius 2 is 1.89 bits per heavy atom. The summed E-state index contributed by atoms with van der Waals surface area (Å²) in [6.45, 7) is 6.75. The molecule has 0 saturated heterocycles. The first-order valence-corrected chi connectivity index (χ1v) is 9.86. The summed E-state index contributed by atoms with van der Waals surface area (Å²) in [6, 6.07) is 7.95. The number of nitrogens with one attached hydrogen (secondary N) is 1. The summed E-state index contributed by atoms with van der Waals surface area (Å²) in [7, 11) is 1.56. The average molecular weight is 373 g/mol. The summed E-state index contributed by atoms with van der Waals surface area (Å²) in [4.78, 5) is 10.1. The second-order valence-corrected chi connectivity index (χ2v) is 7.28. The van der Waals surface area contributed by atoms with Gasteiger partial charge >= 0.3 is 0 Å². The molecule has 0 radical (unpaired) electrons. The van der Waals surface area contributed by atoms with Crippen LogP contribution in [-0.2, 0) is 17.6 Å². The molecule has 1 N–H and O–H groups in total. The summed E-state index contributed by atoms with van der Waals surface area (Å²) in [6.07, 6.45) is 7.81. The number of hydrogen-bond acceptors (Lipinski definition) is 4. The Morgan fingerprint density at radius 1 is 1.22 bits per heavy atom. The molecule has 1 heterocycles. The van der Waals surface area contributed by atoms with Gasteiger partial charge in [-0.2, -0.15) is 0 Å². The van der Waals surface area contributed by atoms with Crippen LogP contribution in [0.2, 0.25) is 0 Å². The highest BCUT2D eigenvalue weighted by atomic mass is 16.5. The summed E-state index contributed by atoms with van der Waals surface area (Å²) >= 11 is 0. The molecule has 148 valence electrons. The largest absolute Gasteiger partial charge is 0.495 e. The highest BCUT2D eigenvalue weighted by Gasteiger charge is 2.28. The maximum absolute atomic E-state index is 10.1. The van der Waals surface area contributed by atoms with E-state index in [0.717, 1.165) is 31.2 Å². The van der Waals surface area contributed by atoms with Crippen LogP contribution in [0, 0.1) is 5.92 Å². The van der Waals surface area contributed by atoms with E-state index in [9.17, 15) is 4.79 Å². The van der Waals surface area contributed by atoms with Crippen molar-refractivity contribution in [1.82, 2.24) is 14.8 Å². The third-order valence-electron chi connectivity index (χ3n) is 4.49. The number of ether oxygens (including phenoxy) is 1. The summed E-state index contributed by atoms with van der Waals surface area (Å²) in [5, 5.41) is 11.3. The summed E-state index contributed by atoms with van der Waals surface area (Å²) < 4.78 is 7.40. The van der Waals surface area contributed by atoms with E-state index in [-0.39, 0.29) is 0 Å². The SMILES string of the molecule is CCCc1nnc(CCC(C)C)n1C1CC1.COc1ccccc1NC=O. The van der Waals surface area contributed by atoms with E-state index in [1.54, 1.807) is 19.2 Å². The number of aromatic nitrogens is 3. The van der Waals surface area contributed by atoms with Gasteiger partial charge < -0.3 is 14.6 Å². The number of para-hydroxylation sites is 2. The molecule has 0 atom stereocenters. The first kappa shape index (κ1) is 20.9. The molecular weight excluding hydrogens is 340 g/mol. The van der Waals surface area contributed by atoms with Crippen LogP contribution >= 0.6 is 0 Å². The Morgan fingerprint density at radius 3 is 2.44 bits per heavy atom. The first-order valence-electron chi connectivity index (χ1n) is 9.86. The molecule has 0 unspecified atom stereocenters. The number of hydrogen-bond donors (Lipinski definition) is 1. The van der Waals surface area contributed by atoms with Crippen molar-refractivity contribution < 1.29 is 9.53 Å². The van der Waals surface area contributed by atoms with E-state index in [2.05, 4.69) is 40.9 Å². The van der Waals surface area contributed by atoms with Gasteiger partial charge in [0.15, 0.2) is 0 Å². The van der Waals surface area contributed by atoms with Crippen molar-refractivity contribution in [1.29, 1.82) is 0 Å². The fourth-order valence-electron chi connectivity index (χ4n) is 2.92. The second-order valence-electron chi connectivity index (χ2n) is 7.28. The van der Waals surface area contributed by atoms with Crippen LogP contribution in [-0.4, -0.2) is 28.3 Å². The van der Waals surface area contributed by atoms with Gasteiger partial charge in [-0.25, -0.2) is 0 Å². The third kappa shape index (κ3) is 6.38. The molecular formula is C21H32N4O2. The number of carbonyl (C=O) groups is 1. The van der Waals surface area contributed by atoms with Crippen molar-refractivity contribution in [3.63, 3.8) is 0 Å². The number of benzene rings is 1. The minimum absolute atomic E-state index is 0.623. The van der Waals surface area contributed by atoms with E-state index in [4.69, 9.17) is 4.74 Å². The normalized spacial score (nSPS) is 13.1. The average Bonchev–Trinajstić information content (AvgIpc) is 3.42. The molecule has 1 amide bonds. The molecule has 2 aromatic rings. The van der Waals surface area contributed by atoms with Gasteiger partial charge in [-0.3, -0.25) is 4.79 Å². The lowest BCUT2D eigenvalue weighted by Crippen LogP contribution is -2.07. The molecule has 3 rings (SSSR count).